The third-order valence-corrected chi connectivity index (χ3v) is 6.45. The van der Waals surface area contributed by atoms with Gasteiger partial charge in [0.15, 0.2) is 5.54 Å². The van der Waals surface area contributed by atoms with Crippen molar-refractivity contribution in [1.29, 1.82) is 0 Å². The molecule has 6 N–H and O–H groups in total. The Balaban J connectivity index is 2.75. The van der Waals surface area contributed by atoms with Crippen LogP contribution in [0.15, 0.2) is 24.3 Å². The Kier molecular flexibility index (Phi) is 8.71. The van der Waals surface area contributed by atoms with Gasteiger partial charge in [0.05, 0.1) is 23.6 Å². The zero-order valence-corrected chi connectivity index (χ0v) is 19.0. The van der Waals surface area contributed by atoms with Crippen molar-refractivity contribution in [2.45, 2.75) is 49.7 Å². The van der Waals surface area contributed by atoms with E-state index in [2.05, 4.69) is 10.6 Å². The second kappa shape index (κ2) is 11.1. The lowest BCUT2D eigenvalue weighted by Crippen LogP contribution is -2.80. The van der Waals surface area contributed by atoms with E-state index in [1.54, 1.807) is 0 Å². The minimum atomic E-state index is -2.13. The van der Waals surface area contributed by atoms with Crippen LogP contribution in [0.1, 0.15) is 32.6 Å². The average Bonchev–Trinajstić information content (AvgIpc) is 2.79. The van der Waals surface area contributed by atoms with Gasteiger partial charge in [-0.25, -0.2) is 4.79 Å². The van der Waals surface area contributed by atoms with Crippen molar-refractivity contribution in [2.24, 2.45) is 0 Å². The maximum atomic E-state index is 13.0. The van der Waals surface area contributed by atoms with Crippen molar-refractivity contribution in [3.8, 4) is 0 Å². The number of non-ortho nitro benzene ring substituents is 1. The number of nitrogens with one attached hydrogen (secondary N) is 2. The van der Waals surface area contributed by atoms with Crippen LogP contribution >= 0.6 is 0 Å². The van der Waals surface area contributed by atoms with Crippen molar-refractivity contribution < 1.29 is 44.5 Å². The maximum Gasteiger partial charge on any atom is 0.331 e. The van der Waals surface area contributed by atoms with Crippen molar-refractivity contribution in [1.82, 2.24) is 10.6 Å². The van der Waals surface area contributed by atoms with Gasteiger partial charge in [-0.05, 0) is 31.9 Å². The van der Waals surface area contributed by atoms with Gasteiger partial charge in [-0.2, -0.15) is 0 Å². The van der Waals surface area contributed by atoms with Crippen LogP contribution in [0.5, 0.6) is 0 Å². The predicted octanol–water partition coefficient (Wildman–Crippen LogP) is 0.359. The Labute approximate surface area is 199 Å². The summed E-state index contributed by atoms with van der Waals surface area (Å²) in [7, 11) is 0. The first-order valence-electron chi connectivity index (χ1n) is 10.7. The first kappa shape index (κ1) is 27.5. The fourth-order valence-electron chi connectivity index (χ4n) is 4.80. The molecule has 35 heavy (non-hydrogen) atoms. The molecule has 0 amide bonds. The number of benzene rings is 1. The minimum absolute atomic E-state index is 0.0435. The third-order valence-electron chi connectivity index (χ3n) is 6.45. The van der Waals surface area contributed by atoms with Gasteiger partial charge in [0, 0.05) is 23.9 Å². The van der Waals surface area contributed by atoms with E-state index >= 15 is 0 Å². The van der Waals surface area contributed by atoms with E-state index < -0.39 is 65.6 Å². The van der Waals surface area contributed by atoms with Crippen LogP contribution in [0, 0.1) is 10.1 Å². The molecule has 14 heteroatoms. The highest BCUT2D eigenvalue weighted by Gasteiger charge is 2.61. The molecule has 0 heterocycles. The molecular weight excluding hydrogens is 468 g/mol. The molecule has 3 atom stereocenters. The molecule has 1 aliphatic rings. The molecule has 1 aromatic rings. The van der Waals surface area contributed by atoms with Gasteiger partial charge < -0.3 is 30.6 Å². The molecule has 1 aliphatic carbocycles. The van der Waals surface area contributed by atoms with Crippen LogP contribution in [-0.4, -0.2) is 86.0 Å². The summed E-state index contributed by atoms with van der Waals surface area (Å²) >= 11 is 0. The number of hydrogen-bond donors (Lipinski definition) is 6. The Morgan fingerprint density at radius 1 is 1.06 bits per heavy atom. The first-order chi connectivity index (χ1) is 16.3. The number of nitro benzene ring substituents is 1. The summed E-state index contributed by atoms with van der Waals surface area (Å²) in [5.74, 6) is -5.38. The summed E-state index contributed by atoms with van der Waals surface area (Å²) in [6, 6.07) is 3.78. The summed E-state index contributed by atoms with van der Waals surface area (Å²) in [6.45, 7) is -0.791. The fourth-order valence-corrected chi connectivity index (χ4v) is 4.80. The fraction of sp³-hybridized carbons (Fsp3) is 0.524. The van der Waals surface area contributed by atoms with Crippen LogP contribution in [0.2, 0.25) is 0 Å². The van der Waals surface area contributed by atoms with Crippen LogP contribution in [0.25, 0.3) is 0 Å². The second-order valence-electron chi connectivity index (χ2n) is 8.42. The zero-order valence-electron chi connectivity index (χ0n) is 19.0. The van der Waals surface area contributed by atoms with E-state index in [4.69, 9.17) is 0 Å². The smallest absolute Gasteiger partial charge is 0.331 e. The monoisotopic (exact) mass is 496 g/mol. The van der Waals surface area contributed by atoms with Gasteiger partial charge in [0.2, 0.25) is 0 Å². The summed E-state index contributed by atoms with van der Waals surface area (Å²) in [5, 5.41) is 55.4. The van der Waals surface area contributed by atoms with Gasteiger partial charge in [0.1, 0.15) is 6.54 Å². The first-order valence-corrected chi connectivity index (χ1v) is 10.7. The van der Waals surface area contributed by atoms with Crippen LogP contribution in [-0.2, 0) is 19.2 Å². The Morgan fingerprint density at radius 3 is 2.14 bits per heavy atom. The quantitative estimate of drug-likeness (QED) is 0.161. The predicted molar refractivity (Wildman–Crippen MR) is 120 cm³/mol. The van der Waals surface area contributed by atoms with Crippen molar-refractivity contribution in [3.63, 3.8) is 0 Å². The molecule has 192 valence electrons. The third kappa shape index (κ3) is 5.84. The molecule has 14 nitrogen and oxygen atoms in total. The largest absolute Gasteiger partial charge is 0.480 e. The molecule has 2 rings (SSSR count). The summed E-state index contributed by atoms with van der Waals surface area (Å²) in [4.78, 5) is 58.9. The van der Waals surface area contributed by atoms with Crippen LogP contribution in [0.3, 0.4) is 0 Å². The molecule has 0 aromatic heterocycles. The van der Waals surface area contributed by atoms with E-state index in [0.29, 0.717) is 19.3 Å². The van der Waals surface area contributed by atoms with Crippen LogP contribution < -0.4 is 15.5 Å². The lowest BCUT2D eigenvalue weighted by Gasteiger charge is -2.57. The number of nitrogens with zero attached hydrogens (tertiary/aromatic N) is 2. The lowest BCUT2D eigenvalue weighted by atomic mass is 9.64. The Morgan fingerprint density at radius 2 is 1.66 bits per heavy atom. The van der Waals surface area contributed by atoms with Crippen molar-refractivity contribution >= 4 is 35.3 Å². The minimum Gasteiger partial charge on any atom is -0.480 e. The van der Waals surface area contributed by atoms with E-state index in [9.17, 15) is 49.7 Å². The van der Waals surface area contributed by atoms with Gasteiger partial charge >= 0.3 is 23.9 Å². The number of hydrogen-bond acceptors (Lipinski definition) is 9. The van der Waals surface area contributed by atoms with E-state index in [0.717, 1.165) is 17.0 Å². The number of carbonyl (C=O) groups is 4. The van der Waals surface area contributed by atoms with Crippen molar-refractivity contribution in [3.05, 3.63) is 34.4 Å². The molecular formula is C21H28N4O10. The van der Waals surface area contributed by atoms with Gasteiger partial charge in [-0.3, -0.25) is 29.8 Å². The van der Waals surface area contributed by atoms with Gasteiger partial charge in [-0.1, -0.05) is 12.8 Å². The number of aliphatic carboxylic acids is 4. The highest BCUT2D eigenvalue weighted by Crippen LogP contribution is 2.43. The SMILES string of the molecule is C[C@@](C(=O)O)(N(CC(=O)O)c1ccc([N+](=O)[O-])cc1)[C@]1(NCC(=O)O)CCCC[C@H]1NCC(=O)O. The highest BCUT2D eigenvalue weighted by molar-refractivity contribution is 5.89. The topological polar surface area (TPSA) is 220 Å². The standard InChI is InChI=1S/C21H28N4O10/c1-20(19(32)33,24(12-18(30)31)13-5-7-14(8-6-13)25(34)35)21(23-11-17(28)29)9-3-2-4-15(21)22-10-16(26)27/h5-8,15,22-23H,2-4,9-12H2,1H3,(H,26,27)(H,28,29)(H,30,31)(H,32,33)/t15-,20+,21+/m1/s1. The molecule has 0 unspecified atom stereocenters. The van der Waals surface area contributed by atoms with E-state index in [1.807, 2.05) is 0 Å². The number of rotatable bonds is 13. The summed E-state index contributed by atoms with van der Waals surface area (Å²) in [6.07, 6.45) is 1.44. The lowest BCUT2D eigenvalue weighted by molar-refractivity contribution is -0.384. The average molecular weight is 496 g/mol. The van der Waals surface area contributed by atoms with E-state index in [-0.39, 0.29) is 17.8 Å². The maximum absolute atomic E-state index is 13.0. The normalized spacial score (nSPS) is 21.5. The molecule has 0 radical (unpaired) electrons. The van der Waals surface area contributed by atoms with Crippen LogP contribution in [0.4, 0.5) is 11.4 Å². The number of carboxylic acid groups (broad SMARTS) is 4. The van der Waals surface area contributed by atoms with E-state index in [1.165, 1.54) is 19.1 Å². The molecule has 0 aliphatic heterocycles. The zero-order chi connectivity index (χ0) is 26.4. The molecule has 1 aromatic carbocycles. The number of nitro groups is 1. The van der Waals surface area contributed by atoms with Gasteiger partial charge in [0.25, 0.3) is 5.69 Å². The number of anilines is 1. The molecule has 1 fully saturated rings. The second-order valence-corrected chi connectivity index (χ2v) is 8.42. The molecule has 0 bridgehead atoms. The molecule has 0 spiro atoms. The number of carboxylic acids is 4. The molecule has 0 saturated heterocycles. The Bertz CT molecular complexity index is 985. The van der Waals surface area contributed by atoms with Gasteiger partial charge in [-0.15, -0.1) is 0 Å². The summed E-state index contributed by atoms with van der Waals surface area (Å²) < 4.78 is 0. The Hall–Kier alpha value is -3.78. The highest BCUT2D eigenvalue weighted by atomic mass is 16.6. The molecule has 1 saturated carbocycles. The van der Waals surface area contributed by atoms with Crippen molar-refractivity contribution in [2.75, 3.05) is 24.5 Å². The summed E-state index contributed by atoms with van der Waals surface area (Å²) in [5.41, 5.74) is -4.02.